The van der Waals surface area contributed by atoms with Crippen LogP contribution >= 0.6 is 0 Å². The second-order valence-corrected chi connectivity index (χ2v) is 4.07. The Bertz CT molecular complexity index is 408. The van der Waals surface area contributed by atoms with Crippen LogP contribution in [0.4, 0.5) is 4.79 Å². The van der Waals surface area contributed by atoms with Gasteiger partial charge in [0.05, 0.1) is 19.1 Å². The number of alkyl carbamates (subject to hydrolysis) is 1. The first-order valence-electron chi connectivity index (χ1n) is 6.18. The molecule has 0 spiro atoms. The molecule has 1 heterocycles. The Morgan fingerprint density at radius 3 is 2.89 bits per heavy atom. The molecule has 0 bridgehead atoms. The Hall–Kier alpha value is -2.11. The molecule has 0 saturated heterocycles. The summed E-state index contributed by atoms with van der Waals surface area (Å²) in [5.74, 6) is -0.997. The van der Waals surface area contributed by atoms with Crippen LogP contribution in [0.15, 0.2) is 24.5 Å². The van der Waals surface area contributed by atoms with E-state index in [9.17, 15) is 9.59 Å². The van der Waals surface area contributed by atoms with Crippen LogP contribution in [0.5, 0.6) is 0 Å². The second-order valence-electron chi connectivity index (χ2n) is 4.07. The van der Waals surface area contributed by atoms with Crippen LogP contribution in [0.1, 0.15) is 37.8 Å². The quantitative estimate of drug-likeness (QED) is 0.738. The molecule has 19 heavy (non-hydrogen) atoms. The topological polar surface area (TPSA) is 88.5 Å². The number of carboxylic acid groups (broad SMARTS) is 1. The van der Waals surface area contributed by atoms with E-state index in [1.807, 2.05) is 6.92 Å². The monoisotopic (exact) mass is 266 g/mol. The van der Waals surface area contributed by atoms with Crippen molar-refractivity contribution in [1.29, 1.82) is 0 Å². The average Bonchev–Trinajstić information content (AvgIpc) is 2.39. The smallest absolute Gasteiger partial charge is 0.407 e. The van der Waals surface area contributed by atoms with Crippen LogP contribution in [0.2, 0.25) is 0 Å². The third-order valence-corrected chi connectivity index (χ3v) is 2.49. The predicted octanol–water partition coefficient (Wildman–Crippen LogP) is 2.12. The van der Waals surface area contributed by atoms with E-state index >= 15 is 0 Å². The van der Waals surface area contributed by atoms with Crippen molar-refractivity contribution in [2.24, 2.45) is 0 Å². The number of hydrogen-bond acceptors (Lipinski definition) is 4. The minimum absolute atomic E-state index is 0.214. The number of carbonyl (C=O) groups is 2. The molecular weight excluding hydrogens is 248 g/mol. The van der Waals surface area contributed by atoms with E-state index in [-0.39, 0.29) is 6.42 Å². The molecule has 2 N–H and O–H groups in total. The number of aliphatic carboxylic acids is 1. The first-order chi connectivity index (χ1) is 9.13. The summed E-state index contributed by atoms with van der Waals surface area (Å²) in [5, 5.41) is 11.4. The summed E-state index contributed by atoms with van der Waals surface area (Å²) < 4.78 is 4.95. The third-order valence-electron chi connectivity index (χ3n) is 2.49. The van der Waals surface area contributed by atoms with E-state index in [1.54, 1.807) is 18.3 Å². The lowest BCUT2D eigenvalue weighted by atomic mass is 10.1. The molecule has 0 aliphatic heterocycles. The molecule has 1 atom stereocenters. The minimum atomic E-state index is -0.997. The summed E-state index contributed by atoms with van der Waals surface area (Å²) in [5.41, 5.74) is 0.636. The van der Waals surface area contributed by atoms with E-state index < -0.39 is 18.1 Å². The number of aromatic nitrogens is 1. The molecule has 1 aromatic rings. The lowest BCUT2D eigenvalue weighted by Crippen LogP contribution is -2.31. The SMILES string of the molecule is CCCCOC(=O)NC(CC(=O)O)c1cccnc1. The van der Waals surface area contributed by atoms with Crippen molar-refractivity contribution in [1.82, 2.24) is 10.3 Å². The summed E-state index contributed by atoms with van der Waals surface area (Å²) in [6.45, 7) is 2.32. The zero-order valence-electron chi connectivity index (χ0n) is 10.8. The van der Waals surface area contributed by atoms with Gasteiger partial charge in [0, 0.05) is 12.4 Å². The molecule has 0 saturated carbocycles. The summed E-state index contributed by atoms with van der Waals surface area (Å²) >= 11 is 0. The molecule has 0 fully saturated rings. The highest BCUT2D eigenvalue weighted by atomic mass is 16.5. The molecule has 0 aliphatic carbocycles. The molecule has 1 rings (SSSR count). The zero-order valence-corrected chi connectivity index (χ0v) is 10.8. The Balaban J connectivity index is 2.60. The fourth-order valence-corrected chi connectivity index (χ4v) is 1.50. The van der Waals surface area contributed by atoms with Crippen LogP contribution in [0, 0.1) is 0 Å². The highest BCUT2D eigenvalue weighted by Gasteiger charge is 2.18. The molecule has 0 aliphatic rings. The van der Waals surface area contributed by atoms with Gasteiger partial charge in [-0.25, -0.2) is 4.79 Å². The molecule has 1 amide bonds. The van der Waals surface area contributed by atoms with Gasteiger partial charge in [-0.1, -0.05) is 19.4 Å². The van der Waals surface area contributed by atoms with E-state index in [2.05, 4.69) is 10.3 Å². The number of rotatable bonds is 7. The van der Waals surface area contributed by atoms with Crippen LogP contribution in [-0.2, 0) is 9.53 Å². The number of pyridine rings is 1. The van der Waals surface area contributed by atoms with Gasteiger partial charge in [0.1, 0.15) is 0 Å². The average molecular weight is 266 g/mol. The van der Waals surface area contributed by atoms with Crippen LogP contribution in [0.3, 0.4) is 0 Å². The van der Waals surface area contributed by atoms with Gasteiger partial charge >= 0.3 is 12.1 Å². The molecule has 0 aromatic carbocycles. The molecule has 1 unspecified atom stereocenters. The number of carbonyl (C=O) groups excluding carboxylic acids is 1. The number of unbranched alkanes of at least 4 members (excludes halogenated alkanes) is 1. The van der Waals surface area contributed by atoms with Crippen LogP contribution in [0.25, 0.3) is 0 Å². The lowest BCUT2D eigenvalue weighted by Gasteiger charge is -2.16. The Morgan fingerprint density at radius 1 is 1.53 bits per heavy atom. The minimum Gasteiger partial charge on any atom is -0.481 e. The van der Waals surface area contributed by atoms with E-state index in [4.69, 9.17) is 9.84 Å². The molecule has 6 nitrogen and oxygen atoms in total. The van der Waals surface area contributed by atoms with Crippen molar-refractivity contribution in [3.63, 3.8) is 0 Å². The highest BCUT2D eigenvalue weighted by molar-refractivity contribution is 5.71. The van der Waals surface area contributed by atoms with Gasteiger partial charge in [-0.15, -0.1) is 0 Å². The number of ether oxygens (including phenoxy) is 1. The van der Waals surface area contributed by atoms with Gasteiger partial charge in [0.2, 0.25) is 0 Å². The molecule has 6 heteroatoms. The second kappa shape index (κ2) is 8.07. The summed E-state index contributed by atoms with van der Waals surface area (Å²) in [6.07, 6.45) is 4.00. The van der Waals surface area contributed by atoms with Crippen molar-refractivity contribution in [2.45, 2.75) is 32.2 Å². The van der Waals surface area contributed by atoms with E-state index in [1.165, 1.54) is 6.20 Å². The van der Waals surface area contributed by atoms with Gasteiger partial charge in [0.15, 0.2) is 0 Å². The Kier molecular flexibility index (Phi) is 6.35. The zero-order chi connectivity index (χ0) is 14.1. The number of nitrogens with one attached hydrogen (secondary N) is 1. The van der Waals surface area contributed by atoms with E-state index in [0.29, 0.717) is 12.2 Å². The number of amides is 1. The Labute approximate surface area is 111 Å². The molecule has 0 radical (unpaired) electrons. The van der Waals surface area contributed by atoms with Crippen LogP contribution < -0.4 is 5.32 Å². The molecule has 104 valence electrons. The largest absolute Gasteiger partial charge is 0.481 e. The van der Waals surface area contributed by atoms with Crippen molar-refractivity contribution in [3.05, 3.63) is 30.1 Å². The fraction of sp³-hybridized carbons (Fsp3) is 0.462. The van der Waals surface area contributed by atoms with Crippen molar-refractivity contribution in [3.8, 4) is 0 Å². The maximum atomic E-state index is 11.5. The maximum Gasteiger partial charge on any atom is 0.407 e. The third kappa shape index (κ3) is 5.85. The van der Waals surface area contributed by atoms with Gasteiger partial charge < -0.3 is 15.2 Å². The summed E-state index contributed by atoms with van der Waals surface area (Å²) in [7, 11) is 0. The fourth-order valence-electron chi connectivity index (χ4n) is 1.50. The van der Waals surface area contributed by atoms with Gasteiger partial charge in [-0.2, -0.15) is 0 Å². The maximum absolute atomic E-state index is 11.5. The van der Waals surface area contributed by atoms with Gasteiger partial charge in [-0.3, -0.25) is 9.78 Å². The highest BCUT2D eigenvalue weighted by Crippen LogP contribution is 2.15. The first kappa shape index (κ1) is 14.9. The number of carboxylic acids is 1. The standard InChI is InChI=1S/C13H18N2O4/c1-2-3-7-19-13(18)15-11(8-12(16)17)10-5-4-6-14-9-10/h4-6,9,11H,2-3,7-8H2,1H3,(H,15,18)(H,16,17). The van der Waals surface area contributed by atoms with Gasteiger partial charge in [-0.05, 0) is 18.1 Å². The van der Waals surface area contributed by atoms with Crippen LogP contribution in [-0.4, -0.2) is 28.8 Å². The lowest BCUT2D eigenvalue weighted by molar-refractivity contribution is -0.137. The summed E-state index contributed by atoms with van der Waals surface area (Å²) in [4.78, 5) is 26.3. The number of nitrogens with zero attached hydrogens (tertiary/aromatic N) is 1. The predicted molar refractivity (Wildman–Crippen MR) is 68.6 cm³/mol. The molecular formula is C13H18N2O4. The Morgan fingerprint density at radius 2 is 2.32 bits per heavy atom. The van der Waals surface area contributed by atoms with Crippen molar-refractivity contribution in [2.75, 3.05) is 6.61 Å². The van der Waals surface area contributed by atoms with Crippen molar-refractivity contribution < 1.29 is 19.4 Å². The van der Waals surface area contributed by atoms with E-state index in [0.717, 1.165) is 12.8 Å². The molecule has 1 aromatic heterocycles. The number of hydrogen-bond donors (Lipinski definition) is 2. The normalized spacial score (nSPS) is 11.6. The van der Waals surface area contributed by atoms with Gasteiger partial charge in [0.25, 0.3) is 0 Å². The first-order valence-corrected chi connectivity index (χ1v) is 6.18. The summed E-state index contributed by atoms with van der Waals surface area (Å²) in [6, 6.07) is 2.77. The van der Waals surface area contributed by atoms with Crippen molar-refractivity contribution >= 4 is 12.1 Å².